The van der Waals surface area contributed by atoms with Crippen molar-refractivity contribution < 1.29 is 9.13 Å². The summed E-state index contributed by atoms with van der Waals surface area (Å²) in [6, 6.07) is 6.00. The van der Waals surface area contributed by atoms with Gasteiger partial charge in [0.25, 0.3) is 0 Å². The quantitative estimate of drug-likeness (QED) is 0.917. The first-order valence-corrected chi connectivity index (χ1v) is 7.40. The van der Waals surface area contributed by atoms with Gasteiger partial charge >= 0.3 is 0 Å². The van der Waals surface area contributed by atoms with E-state index in [9.17, 15) is 4.39 Å². The molecule has 3 unspecified atom stereocenters. The van der Waals surface area contributed by atoms with E-state index in [-0.39, 0.29) is 5.82 Å². The lowest BCUT2D eigenvalue weighted by atomic mass is 9.95. The van der Waals surface area contributed by atoms with Crippen LogP contribution >= 0.6 is 0 Å². The Balaban J connectivity index is 2.20. The average Bonchev–Trinajstić information content (AvgIpc) is 2.47. The molecule has 3 atom stereocenters. The van der Waals surface area contributed by atoms with Crippen molar-refractivity contribution in [1.82, 2.24) is 5.32 Å². The fourth-order valence-electron chi connectivity index (χ4n) is 2.74. The molecule has 1 saturated heterocycles. The summed E-state index contributed by atoms with van der Waals surface area (Å²) < 4.78 is 18.6. The summed E-state index contributed by atoms with van der Waals surface area (Å²) in [7, 11) is 1.51. The zero-order chi connectivity index (χ0) is 14.7. The van der Waals surface area contributed by atoms with Crippen LogP contribution in [0.4, 0.5) is 10.1 Å². The summed E-state index contributed by atoms with van der Waals surface area (Å²) in [6.07, 6.45) is 1.16. The molecule has 1 heterocycles. The summed E-state index contributed by atoms with van der Waals surface area (Å²) in [4.78, 5) is 2.34. The van der Waals surface area contributed by atoms with Gasteiger partial charge in [-0.15, -0.1) is 0 Å². The Morgan fingerprint density at radius 1 is 1.50 bits per heavy atom. The van der Waals surface area contributed by atoms with Crippen molar-refractivity contribution in [2.45, 2.75) is 39.3 Å². The van der Waals surface area contributed by atoms with E-state index in [1.165, 1.54) is 13.2 Å². The van der Waals surface area contributed by atoms with Crippen LogP contribution in [0.15, 0.2) is 18.2 Å². The molecule has 112 valence electrons. The van der Waals surface area contributed by atoms with Gasteiger partial charge in [-0.25, -0.2) is 4.39 Å². The van der Waals surface area contributed by atoms with Crippen LogP contribution in [0.2, 0.25) is 0 Å². The number of benzene rings is 1. The molecule has 0 bridgehead atoms. The number of hydrogen-bond donors (Lipinski definition) is 1. The number of anilines is 1. The normalized spacial score (nSPS) is 24.6. The summed E-state index contributed by atoms with van der Waals surface area (Å²) in [5.74, 6) is 0.637. The highest BCUT2D eigenvalue weighted by molar-refractivity contribution is 5.52. The summed E-state index contributed by atoms with van der Waals surface area (Å²) in [5, 5.41) is 3.61. The van der Waals surface area contributed by atoms with Crippen LogP contribution in [0.5, 0.6) is 5.75 Å². The Morgan fingerprint density at radius 3 is 2.90 bits per heavy atom. The van der Waals surface area contributed by atoms with Crippen molar-refractivity contribution in [3.05, 3.63) is 24.0 Å². The molecular formula is C16H25FN2O. The monoisotopic (exact) mass is 280 g/mol. The second-order valence-electron chi connectivity index (χ2n) is 5.72. The van der Waals surface area contributed by atoms with Crippen LogP contribution < -0.4 is 15.0 Å². The third kappa shape index (κ3) is 3.06. The van der Waals surface area contributed by atoms with Gasteiger partial charge in [0, 0.05) is 36.9 Å². The molecule has 1 aromatic rings. The van der Waals surface area contributed by atoms with Crippen LogP contribution in [0.1, 0.15) is 27.2 Å². The minimum Gasteiger partial charge on any atom is -0.494 e. The lowest BCUT2D eigenvalue weighted by molar-refractivity contribution is 0.315. The van der Waals surface area contributed by atoms with Crippen molar-refractivity contribution in [3.63, 3.8) is 0 Å². The number of nitrogens with zero attached hydrogens (tertiary/aromatic N) is 1. The van der Waals surface area contributed by atoms with Crippen molar-refractivity contribution in [2.75, 3.05) is 25.1 Å². The Labute approximate surface area is 121 Å². The number of ether oxygens (including phenoxy) is 1. The fourth-order valence-corrected chi connectivity index (χ4v) is 2.74. The lowest BCUT2D eigenvalue weighted by Crippen LogP contribution is -2.57. The van der Waals surface area contributed by atoms with Gasteiger partial charge in [-0.05, 0) is 25.0 Å². The van der Waals surface area contributed by atoms with E-state index in [0.29, 0.717) is 23.8 Å². The maximum atomic E-state index is 13.5. The van der Waals surface area contributed by atoms with Crippen LogP contribution in [0.25, 0.3) is 0 Å². The molecule has 1 N–H and O–H groups in total. The largest absolute Gasteiger partial charge is 0.494 e. The smallest absolute Gasteiger partial charge is 0.165 e. The number of nitrogens with one attached hydrogen (secondary N) is 1. The van der Waals surface area contributed by atoms with Crippen LogP contribution in [0, 0.1) is 11.7 Å². The van der Waals surface area contributed by atoms with Crippen LogP contribution in [-0.4, -0.2) is 32.3 Å². The molecule has 1 aromatic carbocycles. The molecular weight excluding hydrogens is 255 g/mol. The number of hydrogen-bond acceptors (Lipinski definition) is 3. The second kappa shape index (κ2) is 6.44. The van der Waals surface area contributed by atoms with Crippen molar-refractivity contribution in [1.29, 1.82) is 0 Å². The third-order valence-electron chi connectivity index (χ3n) is 4.40. The van der Waals surface area contributed by atoms with Gasteiger partial charge in [-0.3, -0.25) is 0 Å². The molecule has 1 aliphatic rings. The van der Waals surface area contributed by atoms with Gasteiger partial charge in [0.15, 0.2) is 11.6 Å². The van der Waals surface area contributed by atoms with E-state index in [0.717, 1.165) is 25.2 Å². The van der Waals surface area contributed by atoms with Gasteiger partial charge in [-0.2, -0.15) is 0 Å². The van der Waals surface area contributed by atoms with Gasteiger partial charge in [-0.1, -0.05) is 20.3 Å². The van der Waals surface area contributed by atoms with Crippen molar-refractivity contribution >= 4 is 5.69 Å². The van der Waals surface area contributed by atoms with Gasteiger partial charge in [0.1, 0.15) is 0 Å². The van der Waals surface area contributed by atoms with E-state index < -0.39 is 0 Å². The Hall–Kier alpha value is -1.29. The Morgan fingerprint density at radius 2 is 2.25 bits per heavy atom. The molecule has 0 amide bonds. The van der Waals surface area contributed by atoms with E-state index in [1.54, 1.807) is 6.07 Å². The van der Waals surface area contributed by atoms with E-state index >= 15 is 0 Å². The highest BCUT2D eigenvalue weighted by atomic mass is 19.1. The van der Waals surface area contributed by atoms with Gasteiger partial charge in [0.05, 0.1) is 7.11 Å². The molecule has 20 heavy (non-hydrogen) atoms. The Bertz CT molecular complexity index is 452. The molecule has 3 nitrogen and oxygen atoms in total. The molecule has 4 heteroatoms. The first kappa shape index (κ1) is 15.1. The molecule has 0 aromatic heterocycles. The SMILES string of the molecule is CCC(C)C1CN(c2ccc(F)c(OC)c2)C(C)CN1. The van der Waals surface area contributed by atoms with Crippen molar-refractivity contribution in [3.8, 4) is 5.75 Å². The summed E-state index contributed by atoms with van der Waals surface area (Å²) >= 11 is 0. The van der Waals surface area contributed by atoms with Crippen LogP contribution in [0.3, 0.4) is 0 Å². The van der Waals surface area contributed by atoms with Gasteiger partial charge in [0.2, 0.25) is 0 Å². The maximum Gasteiger partial charge on any atom is 0.165 e. The van der Waals surface area contributed by atoms with E-state index in [2.05, 4.69) is 31.0 Å². The number of methoxy groups -OCH3 is 1. The predicted molar refractivity (Wildman–Crippen MR) is 81.0 cm³/mol. The van der Waals surface area contributed by atoms with Crippen molar-refractivity contribution in [2.24, 2.45) is 5.92 Å². The molecule has 0 saturated carbocycles. The molecule has 1 fully saturated rings. The summed E-state index contributed by atoms with van der Waals surface area (Å²) in [6.45, 7) is 8.59. The predicted octanol–water partition coefficient (Wildman–Crippen LogP) is 3.05. The minimum absolute atomic E-state index is 0.308. The highest BCUT2D eigenvalue weighted by Crippen LogP contribution is 2.28. The average molecular weight is 280 g/mol. The molecule has 1 aliphatic heterocycles. The first-order valence-electron chi connectivity index (χ1n) is 7.40. The van der Waals surface area contributed by atoms with Crippen LogP contribution in [-0.2, 0) is 0 Å². The summed E-state index contributed by atoms with van der Waals surface area (Å²) in [5.41, 5.74) is 1.03. The zero-order valence-corrected chi connectivity index (χ0v) is 12.8. The highest BCUT2D eigenvalue weighted by Gasteiger charge is 2.28. The Kier molecular flexibility index (Phi) is 4.86. The maximum absolute atomic E-state index is 13.5. The first-order chi connectivity index (χ1) is 9.56. The number of halogens is 1. The second-order valence-corrected chi connectivity index (χ2v) is 5.72. The number of rotatable bonds is 4. The standard InChI is InChI=1S/C16H25FN2O/c1-5-11(2)15-10-19(12(3)9-18-15)13-6-7-14(17)16(8-13)20-4/h6-8,11-12,15,18H,5,9-10H2,1-4H3. The zero-order valence-electron chi connectivity index (χ0n) is 12.8. The fraction of sp³-hybridized carbons (Fsp3) is 0.625. The molecule has 2 rings (SSSR count). The van der Waals surface area contributed by atoms with Gasteiger partial charge < -0.3 is 15.0 Å². The molecule has 0 aliphatic carbocycles. The number of piperazine rings is 1. The lowest BCUT2D eigenvalue weighted by Gasteiger charge is -2.42. The topological polar surface area (TPSA) is 24.5 Å². The molecule has 0 spiro atoms. The minimum atomic E-state index is -0.308. The molecule has 0 radical (unpaired) electrons. The van der Waals surface area contributed by atoms with E-state index in [4.69, 9.17) is 4.74 Å². The third-order valence-corrected chi connectivity index (χ3v) is 4.40. The van der Waals surface area contributed by atoms with E-state index in [1.807, 2.05) is 6.07 Å².